The lowest BCUT2D eigenvalue weighted by molar-refractivity contribution is 0.0588. The van der Waals surface area contributed by atoms with E-state index in [2.05, 4.69) is 4.98 Å². The number of pyridine rings is 1. The normalized spacial score (nSPS) is 24.4. The molecular weight excluding hydrogens is 344 g/mol. The highest BCUT2D eigenvalue weighted by Gasteiger charge is 2.41. The van der Waals surface area contributed by atoms with E-state index < -0.39 is 10.2 Å². The molecule has 9 heteroatoms. The zero-order valence-corrected chi connectivity index (χ0v) is 15.6. The van der Waals surface area contributed by atoms with Gasteiger partial charge in [0.25, 0.3) is 16.1 Å². The zero-order chi connectivity index (χ0) is 18.2. The third kappa shape index (κ3) is 3.49. The maximum absolute atomic E-state index is 13.0. The van der Waals surface area contributed by atoms with Gasteiger partial charge in [-0.05, 0) is 24.8 Å². The number of hydrogen-bond acceptors (Lipinski definition) is 5. The average molecular weight is 368 g/mol. The number of nitrogens with zero attached hydrogens (tertiary/aromatic N) is 4. The lowest BCUT2D eigenvalue weighted by Crippen LogP contribution is -2.48. The molecule has 1 aromatic rings. The molecule has 4 rings (SSSR count). The number of methoxy groups -OCH3 is 1. The van der Waals surface area contributed by atoms with Crippen molar-refractivity contribution in [3.8, 4) is 5.88 Å². The highest BCUT2D eigenvalue weighted by Crippen LogP contribution is 2.31. The molecule has 3 aliphatic heterocycles. The molecule has 0 radical (unpaired) electrons. The molecule has 0 spiro atoms. The number of carbonyl (C=O) groups excluding carboxylic acids is 1. The summed E-state index contributed by atoms with van der Waals surface area (Å²) in [6.07, 6.45) is 3.30. The molecule has 8 nitrogen and oxygen atoms in total. The molecule has 2 atom stereocenters. The minimum atomic E-state index is -3.47. The number of aromatic nitrogens is 1. The molecule has 1 amide bonds. The van der Waals surface area contributed by atoms with Crippen molar-refractivity contribution >= 4 is 16.1 Å². The van der Waals surface area contributed by atoms with E-state index in [9.17, 15) is 13.2 Å². The second-order valence-corrected chi connectivity index (χ2v) is 8.89. The topological polar surface area (TPSA) is 83.0 Å². The molecule has 138 valence electrons. The van der Waals surface area contributed by atoms with Crippen molar-refractivity contribution in [1.29, 1.82) is 0 Å². The van der Waals surface area contributed by atoms with Gasteiger partial charge in [0, 0.05) is 57.6 Å². The quantitative estimate of drug-likeness (QED) is 0.770. The van der Waals surface area contributed by atoms with Gasteiger partial charge in [-0.15, -0.1) is 0 Å². The van der Waals surface area contributed by atoms with Crippen LogP contribution in [0.5, 0.6) is 5.88 Å². The second-order valence-electron chi connectivity index (χ2n) is 6.75. The van der Waals surface area contributed by atoms with Gasteiger partial charge in [-0.3, -0.25) is 4.79 Å². The van der Waals surface area contributed by atoms with Gasteiger partial charge in [0.15, 0.2) is 0 Å². The largest absolute Gasteiger partial charge is 0.481 e. The van der Waals surface area contributed by atoms with Crippen LogP contribution in [0.4, 0.5) is 0 Å². The molecule has 0 saturated carbocycles. The smallest absolute Gasteiger partial charge is 0.281 e. The van der Waals surface area contributed by atoms with Crippen molar-refractivity contribution in [1.82, 2.24) is 18.5 Å². The number of amides is 1. The summed E-state index contributed by atoms with van der Waals surface area (Å²) in [5.74, 6) is 0.448. The van der Waals surface area contributed by atoms with Crippen LogP contribution >= 0.6 is 0 Å². The van der Waals surface area contributed by atoms with Crippen LogP contribution in [0.1, 0.15) is 23.2 Å². The first kappa shape index (κ1) is 18.1. The number of carbonyl (C=O) groups is 1. The Morgan fingerprint density at radius 3 is 2.72 bits per heavy atom. The molecule has 2 unspecified atom stereocenters. The summed E-state index contributed by atoms with van der Waals surface area (Å²) < 4.78 is 32.9. The fraction of sp³-hybridized carbons (Fsp3) is 0.625. The first-order chi connectivity index (χ1) is 11.8. The predicted octanol–water partition coefficient (Wildman–Crippen LogP) is 0.433. The van der Waals surface area contributed by atoms with Gasteiger partial charge in [0.05, 0.1) is 7.11 Å². The first-order valence-corrected chi connectivity index (χ1v) is 9.71. The second kappa shape index (κ2) is 6.89. The van der Waals surface area contributed by atoms with Gasteiger partial charge in [-0.25, -0.2) is 4.98 Å². The average Bonchev–Trinajstić information content (AvgIpc) is 2.93. The molecule has 3 aliphatic rings. The van der Waals surface area contributed by atoms with Crippen molar-refractivity contribution < 1.29 is 17.9 Å². The number of fused-ring (bicyclic) bond motifs is 4. The maximum Gasteiger partial charge on any atom is 0.281 e. The van der Waals surface area contributed by atoms with Crippen LogP contribution in [0.25, 0.3) is 0 Å². The van der Waals surface area contributed by atoms with Crippen molar-refractivity contribution in [3.63, 3.8) is 0 Å². The molecule has 0 N–H and O–H groups in total. The third-order valence-corrected chi connectivity index (χ3v) is 6.79. The van der Waals surface area contributed by atoms with Gasteiger partial charge in [-0.2, -0.15) is 17.0 Å². The van der Waals surface area contributed by atoms with E-state index in [-0.39, 0.29) is 17.9 Å². The van der Waals surface area contributed by atoms with E-state index in [1.165, 1.54) is 29.8 Å². The minimum Gasteiger partial charge on any atom is -0.481 e. The van der Waals surface area contributed by atoms with Gasteiger partial charge in [-0.1, -0.05) is 0 Å². The van der Waals surface area contributed by atoms with Gasteiger partial charge >= 0.3 is 0 Å². The molecule has 25 heavy (non-hydrogen) atoms. The van der Waals surface area contributed by atoms with Crippen LogP contribution in [-0.4, -0.2) is 79.7 Å². The van der Waals surface area contributed by atoms with Crippen molar-refractivity contribution in [2.45, 2.75) is 18.9 Å². The Labute approximate surface area is 148 Å². The SMILES string of the molecule is COc1cc(C(=O)N2CC3CCC2CN(S(=O)(=O)N(C)C)C3)ccn1. The Hall–Kier alpha value is -1.71. The first-order valence-electron chi connectivity index (χ1n) is 8.31. The molecule has 2 bridgehead atoms. The van der Waals surface area contributed by atoms with Crippen LogP contribution in [0.2, 0.25) is 0 Å². The van der Waals surface area contributed by atoms with Crippen LogP contribution < -0.4 is 4.74 Å². The number of hydrogen-bond donors (Lipinski definition) is 0. The standard InChI is InChI=1S/C16H24N4O4S/c1-18(2)25(22,23)19-9-12-4-5-14(11-19)20(10-12)16(21)13-6-7-17-15(8-13)24-3/h6-8,12,14H,4-5,9-11H2,1-3H3. The van der Waals surface area contributed by atoms with Gasteiger partial charge in [0.1, 0.15) is 0 Å². The lowest BCUT2D eigenvalue weighted by atomic mass is 9.94. The van der Waals surface area contributed by atoms with E-state index >= 15 is 0 Å². The molecule has 4 heterocycles. The molecular formula is C16H24N4O4S. The predicted molar refractivity (Wildman–Crippen MR) is 92.5 cm³/mol. The summed E-state index contributed by atoms with van der Waals surface area (Å²) in [5, 5.41) is 0. The summed E-state index contributed by atoms with van der Waals surface area (Å²) in [7, 11) is 1.11. The monoisotopic (exact) mass is 368 g/mol. The third-order valence-electron chi connectivity index (χ3n) is 4.92. The molecule has 0 aliphatic carbocycles. The molecule has 3 saturated heterocycles. The fourth-order valence-electron chi connectivity index (χ4n) is 3.53. The lowest BCUT2D eigenvalue weighted by Gasteiger charge is -2.36. The number of rotatable bonds is 4. The summed E-state index contributed by atoms with van der Waals surface area (Å²) in [5.41, 5.74) is 0.515. The van der Waals surface area contributed by atoms with Gasteiger partial charge in [0.2, 0.25) is 5.88 Å². The Balaban J connectivity index is 1.84. The summed E-state index contributed by atoms with van der Waals surface area (Å²) >= 11 is 0. The Kier molecular flexibility index (Phi) is 4.99. The highest BCUT2D eigenvalue weighted by atomic mass is 32.2. The summed E-state index contributed by atoms with van der Waals surface area (Å²) in [6, 6.07) is 3.17. The summed E-state index contributed by atoms with van der Waals surface area (Å²) in [4.78, 5) is 18.8. The van der Waals surface area contributed by atoms with Crippen molar-refractivity contribution in [3.05, 3.63) is 23.9 Å². The number of ether oxygens (including phenoxy) is 1. The van der Waals surface area contributed by atoms with Gasteiger partial charge < -0.3 is 9.64 Å². The summed E-state index contributed by atoms with van der Waals surface area (Å²) in [6.45, 7) is 1.37. The van der Waals surface area contributed by atoms with E-state index in [1.54, 1.807) is 18.3 Å². The Bertz CT molecular complexity index is 752. The molecule has 3 fully saturated rings. The van der Waals surface area contributed by atoms with E-state index in [4.69, 9.17) is 4.74 Å². The van der Waals surface area contributed by atoms with Crippen LogP contribution in [0, 0.1) is 5.92 Å². The molecule has 1 aromatic heterocycles. The number of piperidine rings is 1. The van der Waals surface area contributed by atoms with Crippen LogP contribution in [0.15, 0.2) is 18.3 Å². The zero-order valence-electron chi connectivity index (χ0n) is 14.8. The fourth-order valence-corrected chi connectivity index (χ4v) is 4.75. The van der Waals surface area contributed by atoms with Crippen molar-refractivity contribution in [2.75, 3.05) is 40.8 Å². The van der Waals surface area contributed by atoms with E-state index in [0.717, 1.165) is 12.8 Å². The van der Waals surface area contributed by atoms with E-state index in [1.807, 2.05) is 4.90 Å². The van der Waals surface area contributed by atoms with Crippen LogP contribution in [0.3, 0.4) is 0 Å². The van der Waals surface area contributed by atoms with Crippen molar-refractivity contribution in [2.24, 2.45) is 5.92 Å². The molecule has 0 aromatic carbocycles. The van der Waals surface area contributed by atoms with Crippen LogP contribution in [-0.2, 0) is 10.2 Å². The maximum atomic E-state index is 13.0. The highest BCUT2D eigenvalue weighted by molar-refractivity contribution is 7.86. The van der Waals surface area contributed by atoms with E-state index in [0.29, 0.717) is 31.1 Å². The Morgan fingerprint density at radius 2 is 2.04 bits per heavy atom. The Morgan fingerprint density at radius 1 is 1.28 bits per heavy atom. The minimum absolute atomic E-state index is 0.0977.